The second-order valence-corrected chi connectivity index (χ2v) is 9.61. The molecule has 0 radical (unpaired) electrons. The van der Waals surface area contributed by atoms with Gasteiger partial charge >= 0.3 is 5.97 Å². The summed E-state index contributed by atoms with van der Waals surface area (Å²) in [4.78, 5) is 32.3. The van der Waals surface area contributed by atoms with Gasteiger partial charge in [-0.05, 0) is 55.8 Å². The Balaban J connectivity index is 1.67. The first-order valence-electron chi connectivity index (χ1n) is 11.1. The van der Waals surface area contributed by atoms with Gasteiger partial charge in [-0.25, -0.2) is 4.79 Å². The van der Waals surface area contributed by atoms with E-state index in [4.69, 9.17) is 9.47 Å². The van der Waals surface area contributed by atoms with Crippen LogP contribution in [0.5, 0.6) is 5.75 Å². The van der Waals surface area contributed by atoms with Gasteiger partial charge in [0.15, 0.2) is 0 Å². The van der Waals surface area contributed by atoms with Crippen molar-refractivity contribution in [3.63, 3.8) is 0 Å². The highest BCUT2D eigenvalue weighted by Crippen LogP contribution is 2.47. The number of esters is 1. The minimum atomic E-state index is -1.36. The van der Waals surface area contributed by atoms with Crippen molar-refractivity contribution in [2.75, 3.05) is 45.3 Å². The molecule has 2 heterocycles. The van der Waals surface area contributed by atoms with Gasteiger partial charge in [0.25, 0.3) is 5.91 Å². The number of thioether (sulfide) groups is 1. The second kappa shape index (κ2) is 9.96. The third-order valence-corrected chi connectivity index (χ3v) is 7.65. The Morgan fingerprint density at radius 1 is 1.00 bits per heavy atom. The lowest BCUT2D eigenvalue weighted by Crippen LogP contribution is -2.57. The summed E-state index contributed by atoms with van der Waals surface area (Å²) in [6.07, 6.45) is 3.92. The van der Waals surface area contributed by atoms with Crippen molar-refractivity contribution in [2.24, 2.45) is 0 Å². The maximum Gasteiger partial charge on any atom is 0.332 e. The molecular weight excluding hydrogens is 424 g/mol. The van der Waals surface area contributed by atoms with Crippen molar-refractivity contribution >= 4 is 29.3 Å². The zero-order chi connectivity index (χ0) is 22.6. The quantitative estimate of drug-likeness (QED) is 0.469. The summed E-state index contributed by atoms with van der Waals surface area (Å²) in [7, 11) is 2.97. The highest BCUT2D eigenvalue weighted by atomic mass is 32.2. The molecule has 2 aromatic carbocycles. The maximum absolute atomic E-state index is 14.0. The summed E-state index contributed by atoms with van der Waals surface area (Å²) in [5.74, 6) is 0.0127. The third kappa shape index (κ3) is 4.50. The predicted octanol–water partition coefficient (Wildman–Crippen LogP) is 3.77. The lowest BCUT2D eigenvalue weighted by molar-refractivity contribution is -0.147. The number of anilines is 1. The number of carbonyl (C=O) groups is 2. The predicted molar refractivity (Wildman–Crippen MR) is 126 cm³/mol. The van der Waals surface area contributed by atoms with Gasteiger partial charge in [-0.15, -0.1) is 0 Å². The van der Waals surface area contributed by atoms with E-state index in [1.165, 1.54) is 38.1 Å². The second-order valence-electron chi connectivity index (χ2n) is 8.27. The van der Waals surface area contributed by atoms with Crippen molar-refractivity contribution in [3.8, 4) is 5.75 Å². The number of hydrogen-bond acceptors (Lipinski definition) is 6. The molecule has 0 bridgehead atoms. The van der Waals surface area contributed by atoms with E-state index in [1.54, 1.807) is 12.0 Å². The van der Waals surface area contributed by atoms with E-state index in [9.17, 15) is 9.59 Å². The molecule has 6 nitrogen and oxygen atoms in total. The van der Waals surface area contributed by atoms with Gasteiger partial charge in [0, 0.05) is 24.4 Å². The first kappa shape index (κ1) is 22.7. The number of amides is 1. The number of likely N-dealkylation sites (tertiary alicyclic amines) is 1. The summed E-state index contributed by atoms with van der Waals surface area (Å²) in [5, 5.41) is 0. The highest BCUT2D eigenvalue weighted by Gasteiger charge is 2.54. The standard InChI is InChI=1S/C25H30N2O4S/c1-30-20-12-10-19(11-13-20)18-25(24(29)31-2)23(28)27(17-16-26-14-6-3-7-15-26)21-8-4-5-9-22(21)32-25/h4-5,8-13H,3,6-7,14-18H2,1-2H3. The van der Waals surface area contributed by atoms with Crippen LogP contribution >= 0.6 is 11.8 Å². The molecule has 4 rings (SSSR count). The van der Waals surface area contributed by atoms with Crippen LogP contribution in [0.15, 0.2) is 53.4 Å². The Bertz CT molecular complexity index is 959. The largest absolute Gasteiger partial charge is 0.497 e. The molecule has 170 valence electrons. The first-order valence-corrected chi connectivity index (χ1v) is 11.9. The van der Waals surface area contributed by atoms with E-state index in [0.29, 0.717) is 6.54 Å². The number of hydrogen-bond donors (Lipinski definition) is 0. The van der Waals surface area contributed by atoms with Crippen molar-refractivity contribution in [2.45, 2.75) is 35.3 Å². The molecule has 2 aliphatic rings. The van der Waals surface area contributed by atoms with Crippen molar-refractivity contribution < 1.29 is 19.1 Å². The molecule has 1 unspecified atom stereocenters. The van der Waals surface area contributed by atoms with Crippen LogP contribution in [0.3, 0.4) is 0 Å². The Labute approximate surface area is 193 Å². The fourth-order valence-corrected chi connectivity index (χ4v) is 5.89. The lowest BCUT2D eigenvalue weighted by atomic mass is 9.95. The Kier molecular flexibility index (Phi) is 7.06. The molecule has 1 atom stereocenters. The van der Waals surface area contributed by atoms with Crippen LogP contribution in [-0.4, -0.2) is 61.9 Å². The van der Waals surface area contributed by atoms with E-state index in [0.717, 1.165) is 41.5 Å². The number of rotatable bonds is 7. The van der Waals surface area contributed by atoms with Gasteiger partial charge in [0.2, 0.25) is 4.75 Å². The number of para-hydroxylation sites is 1. The van der Waals surface area contributed by atoms with E-state index in [-0.39, 0.29) is 12.3 Å². The van der Waals surface area contributed by atoms with Gasteiger partial charge < -0.3 is 19.3 Å². The number of carbonyl (C=O) groups excluding carboxylic acids is 2. The topological polar surface area (TPSA) is 59.1 Å². The van der Waals surface area contributed by atoms with Gasteiger partial charge in [0.05, 0.1) is 19.9 Å². The average molecular weight is 455 g/mol. The zero-order valence-corrected chi connectivity index (χ0v) is 19.5. The molecule has 2 aromatic rings. The summed E-state index contributed by atoms with van der Waals surface area (Å²) in [6, 6.07) is 15.3. The minimum absolute atomic E-state index is 0.208. The van der Waals surface area contributed by atoms with E-state index < -0.39 is 10.7 Å². The molecule has 7 heteroatoms. The third-order valence-electron chi connectivity index (χ3n) is 6.25. The fraction of sp³-hybridized carbons (Fsp3) is 0.440. The van der Waals surface area contributed by atoms with E-state index in [2.05, 4.69) is 4.90 Å². The summed E-state index contributed by atoms with van der Waals surface area (Å²) in [6.45, 7) is 3.47. The highest BCUT2D eigenvalue weighted by molar-refractivity contribution is 8.02. The molecule has 32 heavy (non-hydrogen) atoms. The van der Waals surface area contributed by atoms with Gasteiger partial charge in [0.1, 0.15) is 5.75 Å². The van der Waals surface area contributed by atoms with Crippen molar-refractivity contribution in [1.29, 1.82) is 0 Å². The average Bonchev–Trinajstić information content (AvgIpc) is 2.84. The Hall–Kier alpha value is -2.51. The molecular formula is C25H30N2O4S. The van der Waals surface area contributed by atoms with Crippen LogP contribution in [0, 0.1) is 0 Å². The van der Waals surface area contributed by atoms with Crippen LogP contribution < -0.4 is 9.64 Å². The zero-order valence-electron chi connectivity index (χ0n) is 18.7. The molecule has 0 aliphatic carbocycles. The summed E-state index contributed by atoms with van der Waals surface area (Å²) >= 11 is 1.30. The SMILES string of the molecule is COC(=O)C1(Cc2ccc(OC)cc2)Sc2ccccc2N(CCN2CCCCC2)C1=O. The Morgan fingerprint density at radius 3 is 2.41 bits per heavy atom. The number of benzene rings is 2. The molecule has 0 spiro atoms. The van der Waals surface area contributed by atoms with Crippen LogP contribution in [0.2, 0.25) is 0 Å². The molecule has 0 saturated carbocycles. The normalized spacial score (nSPS) is 21.2. The molecule has 1 amide bonds. The van der Waals surface area contributed by atoms with Crippen molar-refractivity contribution in [3.05, 3.63) is 54.1 Å². The minimum Gasteiger partial charge on any atom is -0.497 e. The van der Waals surface area contributed by atoms with Gasteiger partial charge in [-0.3, -0.25) is 4.79 Å². The summed E-state index contributed by atoms with van der Waals surface area (Å²) in [5.41, 5.74) is 1.75. The Morgan fingerprint density at radius 2 is 1.72 bits per heavy atom. The lowest BCUT2D eigenvalue weighted by Gasteiger charge is -2.41. The number of nitrogens with zero attached hydrogens (tertiary/aromatic N) is 2. The van der Waals surface area contributed by atoms with Crippen LogP contribution in [0.25, 0.3) is 0 Å². The number of fused-ring (bicyclic) bond motifs is 1. The molecule has 0 aromatic heterocycles. The number of methoxy groups -OCH3 is 2. The molecule has 0 N–H and O–H groups in total. The number of piperidine rings is 1. The molecule has 2 aliphatic heterocycles. The number of ether oxygens (including phenoxy) is 2. The van der Waals surface area contributed by atoms with E-state index in [1.807, 2.05) is 48.5 Å². The van der Waals surface area contributed by atoms with Gasteiger partial charge in [-0.1, -0.05) is 42.4 Å². The van der Waals surface area contributed by atoms with E-state index >= 15 is 0 Å². The van der Waals surface area contributed by atoms with Crippen LogP contribution in [-0.2, 0) is 20.7 Å². The summed E-state index contributed by atoms with van der Waals surface area (Å²) < 4.78 is 9.09. The molecule has 1 saturated heterocycles. The smallest absolute Gasteiger partial charge is 0.332 e. The maximum atomic E-state index is 14.0. The van der Waals surface area contributed by atoms with Crippen LogP contribution in [0.1, 0.15) is 24.8 Å². The first-order chi connectivity index (χ1) is 15.6. The molecule has 1 fully saturated rings. The monoisotopic (exact) mass is 454 g/mol. The van der Waals surface area contributed by atoms with Gasteiger partial charge in [-0.2, -0.15) is 0 Å². The van der Waals surface area contributed by atoms with Crippen molar-refractivity contribution in [1.82, 2.24) is 4.90 Å². The van der Waals surface area contributed by atoms with Crippen LogP contribution in [0.4, 0.5) is 5.69 Å². The fourth-order valence-electron chi connectivity index (χ4n) is 4.48.